The standard InChI is InChI=1S/C5H8N2OS2/c1-2-6-7-4(8)3-10-5(7)9/h6H,2-3H2,1H3. The van der Waals surface area contributed by atoms with Gasteiger partial charge in [-0.2, -0.15) is 0 Å². The number of amides is 1. The Morgan fingerprint density at radius 3 is 3.00 bits per heavy atom. The predicted molar refractivity (Wildman–Crippen MR) is 45.6 cm³/mol. The number of carbonyl (C=O) groups is 1. The molecule has 0 spiro atoms. The molecule has 1 aliphatic heterocycles. The van der Waals surface area contributed by atoms with E-state index in [1.807, 2.05) is 6.92 Å². The van der Waals surface area contributed by atoms with Crippen molar-refractivity contribution in [3.8, 4) is 0 Å². The Bertz CT molecular complexity index is 155. The number of hydrogen-bond acceptors (Lipinski definition) is 4. The molecule has 0 atom stereocenters. The van der Waals surface area contributed by atoms with Gasteiger partial charge in [-0.3, -0.25) is 4.79 Å². The van der Waals surface area contributed by atoms with E-state index in [4.69, 9.17) is 12.2 Å². The number of carbonyl (C=O) groups excluding carboxylic acids is 1. The number of hydrogen-bond donors (Lipinski definition) is 1. The summed E-state index contributed by atoms with van der Waals surface area (Å²) in [6, 6.07) is 0. The molecule has 1 aliphatic rings. The first-order valence-corrected chi connectivity index (χ1v) is 4.38. The number of thioether (sulfide) groups is 1. The van der Waals surface area contributed by atoms with Crippen LogP contribution in [0.2, 0.25) is 0 Å². The molecule has 1 fully saturated rings. The van der Waals surface area contributed by atoms with Gasteiger partial charge in [-0.25, -0.2) is 10.4 Å². The molecular weight excluding hydrogens is 168 g/mol. The van der Waals surface area contributed by atoms with Gasteiger partial charge in [0, 0.05) is 6.54 Å². The van der Waals surface area contributed by atoms with E-state index in [-0.39, 0.29) is 5.91 Å². The summed E-state index contributed by atoms with van der Waals surface area (Å²) in [7, 11) is 0. The van der Waals surface area contributed by atoms with Crippen LogP contribution in [-0.4, -0.2) is 27.5 Å². The van der Waals surface area contributed by atoms with Crippen molar-refractivity contribution in [2.24, 2.45) is 0 Å². The second kappa shape index (κ2) is 3.32. The molecule has 0 aromatic heterocycles. The Balaban J connectivity index is 2.54. The number of hydrazine groups is 1. The van der Waals surface area contributed by atoms with E-state index < -0.39 is 0 Å². The molecule has 1 heterocycles. The van der Waals surface area contributed by atoms with Crippen LogP contribution in [0.4, 0.5) is 0 Å². The van der Waals surface area contributed by atoms with Gasteiger partial charge in [-0.1, -0.05) is 30.9 Å². The zero-order chi connectivity index (χ0) is 7.56. The van der Waals surface area contributed by atoms with Crippen molar-refractivity contribution in [1.82, 2.24) is 10.4 Å². The summed E-state index contributed by atoms with van der Waals surface area (Å²) in [4.78, 5) is 10.9. The molecule has 0 aromatic carbocycles. The van der Waals surface area contributed by atoms with E-state index in [1.165, 1.54) is 16.8 Å². The quantitative estimate of drug-likeness (QED) is 0.616. The third-order valence-corrected chi connectivity index (χ3v) is 2.42. The summed E-state index contributed by atoms with van der Waals surface area (Å²) < 4.78 is 0.631. The largest absolute Gasteiger partial charge is 0.272 e. The van der Waals surface area contributed by atoms with Crippen LogP contribution in [0.5, 0.6) is 0 Å². The molecule has 10 heavy (non-hydrogen) atoms. The number of thiocarbonyl (C=S) groups is 1. The van der Waals surface area contributed by atoms with E-state index in [0.717, 1.165) is 6.54 Å². The van der Waals surface area contributed by atoms with Gasteiger partial charge in [0.05, 0.1) is 5.75 Å². The van der Waals surface area contributed by atoms with Crippen LogP contribution in [-0.2, 0) is 4.79 Å². The van der Waals surface area contributed by atoms with Crippen molar-refractivity contribution in [2.45, 2.75) is 6.92 Å². The summed E-state index contributed by atoms with van der Waals surface area (Å²) in [5, 5.41) is 1.43. The first-order valence-electron chi connectivity index (χ1n) is 2.99. The van der Waals surface area contributed by atoms with Crippen molar-refractivity contribution in [1.29, 1.82) is 0 Å². The van der Waals surface area contributed by atoms with Crippen molar-refractivity contribution in [2.75, 3.05) is 12.3 Å². The third-order valence-electron chi connectivity index (χ3n) is 1.07. The van der Waals surface area contributed by atoms with E-state index in [1.54, 1.807) is 0 Å². The van der Waals surface area contributed by atoms with Gasteiger partial charge in [0.25, 0.3) is 5.91 Å². The average Bonchev–Trinajstić information content (AvgIpc) is 2.20. The maximum atomic E-state index is 10.9. The van der Waals surface area contributed by atoms with E-state index >= 15 is 0 Å². The van der Waals surface area contributed by atoms with Crippen molar-refractivity contribution in [3.63, 3.8) is 0 Å². The van der Waals surface area contributed by atoms with E-state index in [0.29, 0.717) is 10.1 Å². The first-order chi connectivity index (χ1) is 4.75. The lowest BCUT2D eigenvalue weighted by atomic mass is 10.7. The minimum atomic E-state index is 0.0526. The molecule has 1 N–H and O–H groups in total. The Morgan fingerprint density at radius 2 is 2.60 bits per heavy atom. The van der Waals surface area contributed by atoms with Gasteiger partial charge in [-0.05, 0) is 0 Å². The molecule has 0 radical (unpaired) electrons. The molecule has 1 rings (SSSR count). The summed E-state index contributed by atoms with van der Waals surface area (Å²) in [6.07, 6.45) is 0. The normalized spacial score (nSPS) is 18.7. The van der Waals surface area contributed by atoms with Gasteiger partial charge in [0.1, 0.15) is 0 Å². The molecule has 0 bridgehead atoms. The molecule has 1 amide bonds. The molecule has 0 saturated carbocycles. The van der Waals surface area contributed by atoms with Crippen molar-refractivity contribution >= 4 is 34.2 Å². The fourth-order valence-corrected chi connectivity index (χ4v) is 1.68. The highest BCUT2D eigenvalue weighted by atomic mass is 32.2. The lowest BCUT2D eigenvalue weighted by Gasteiger charge is -2.13. The summed E-state index contributed by atoms with van der Waals surface area (Å²) in [5.41, 5.74) is 2.87. The molecular formula is C5H8N2OS2. The number of nitrogens with one attached hydrogen (secondary N) is 1. The fraction of sp³-hybridized carbons (Fsp3) is 0.600. The second-order valence-electron chi connectivity index (χ2n) is 1.80. The minimum absolute atomic E-state index is 0.0526. The fourth-order valence-electron chi connectivity index (χ4n) is 0.665. The van der Waals surface area contributed by atoms with Gasteiger partial charge < -0.3 is 0 Å². The lowest BCUT2D eigenvalue weighted by molar-refractivity contribution is -0.126. The smallest absolute Gasteiger partial charge is 0.253 e. The Hall–Kier alpha value is -0.130. The summed E-state index contributed by atoms with van der Waals surface area (Å²) >= 11 is 6.29. The molecule has 1 saturated heterocycles. The van der Waals surface area contributed by atoms with Crippen LogP contribution < -0.4 is 5.43 Å². The number of rotatable bonds is 2. The molecule has 56 valence electrons. The molecule has 0 aliphatic carbocycles. The first kappa shape index (κ1) is 7.97. The highest BCUT2D eigenvalue weighted by Crippen LogP contribution is 2.16. The average molecular weight is 176 g/mol. The lowest BCUT2D eigenvalue weighted by Crippen LogP contribution is -2.41. The molecule has 5 heteroatoms. The zero-order valence-corrected chi connectivity index (χ0v) is 7.22. The molecule has 0 aromatic rings. The van der Waals surface area contributed by atoms with Crippen LogP contribution in [0, 0.1) is 0 Å². The van der Waals surface area contributed by atoms with Crippen molar-refractivity contribution in [3.05, 3.63) is 0 Å². The van der Waals surface area contributed by atoms with Gasteiger partial charge in [0.15, 0.2) is 4.32 Å². The Kier molecular flexibility index (Phi) is 2.64. The highest BCUT2D eigenvalue weighted by Gasteiger charge is 2.25. The monoisotopic (exact) mass is 176 g/mol. The van der Waals surface area contributed by atoms with Gasteiger partial charge in [-0.15, -0.1) is 0 Å². The van der Waals surface area contributed by atoms with Gasteiger partial charge >= 0.3 is 0 Å². The number of nitrogens with zero attached hydrogens (tertiary/aromatic N) is 1. The van der Waals surface area contributed by atoms with Crippen molar-refractivity contribution < 1.29 is 4.79 Å². The Labute approximate surface area is 69.1 Å². The van der Waals surface area contributed by atoms with Crippen LogP contribution in [0.3, 0.4) is 0 Å². The predicted octanol–water partition coefficient (Wildman–Crippen LogP) is 0.371. The maximum absolute atomic E-state index is 10.9. The van der Waals surface area contributed by atoms with Gasteiger partial charge in [0.2, 0.25) is 0 Å². The SMILES string of the molecule is CCNN1C(=O)CSC1=S. The zero-order valence-electron chi connectivity index (χ0n) is 5.59. The van der Waals surface area contributed by atoms with Crippen LogP contribution in [0.15, 0.2) is 0 Å². The van der Waals surface area contributed by atoms with E-state index in [9.17, 15) is 4.79 Å². The van der Waals surface area contributed by atoms with Crippen LogP contribution in [0.1, 0.15) is 6.92 Å². The van der Waals surface area contributed by atoms with Crippen LogP contribution in [0.25, 0.3) is 0 Å². The highest BCUT2D eigenvalue weighted by molar-refractivity contribution is 8.23. The molecule has 0 unspecified atom stereocenters. The second-order valence-corrected chi connectivity index (χ2v) is 3.40. The topological polar surface area (TPSA) is 32.3 Å². The third kappa shape index (κ3) is 1.47. The van der Waals surface area contributed by atoms with Crippen LogP contribution >= 0.6 is 24.0 Å². The summed E-state index contributed by atoms with van der Waals surface area (Å²) in [5.74, 6) is 0.531. The maximum Gasteiger partial charge on any atom is 0.253 e. The minimum Gasteiger partial charge on any atom is -0.272 e. The Morgan fingerprint density at radius 1 is 1.90 bits per heavy atom. The summed E-state index contributed by atoms with van der Waals surface area (Å²) in [6.45, 7) is 2.66. The van der Waals surface area contributed by atoms with E-state index in [2.05, 4.69) is 5.43 Å². The molecule has 3 nitrogen and oxygen atoms in total.